The highest BCUT2D eigenvalue weighted by molar-refractivity contribution is 7.98. The summed E-state index contributed by atoms with van der Waals surface area (Å²) in [4.78, 5) is 1.31. The van der Waals surface area contributed by atoms with Gasteiger partial charge in [-0.2, -0.15) is 0 Å². The third-order valence-corrected chi connectivity index (χ3v) is 3.56. The number of nitrogens with one attached hydrogen (secondary N) is 1. The van der Waals surface area contributed by atoms with Gasteiger partial charge in [-0.3, -0.25) is 0 Å². The van der Waals surface area contributed by atoms with Crippen LogP contribution in [0.5, 0.6) is 0 Å². The van der Waals surface area contributed by atoms with E-state index in [-0.39, 0.29) is 10.8 Å². The number of anilines is 2. The Labute approximate surface area is 121 Å². The first kappa shape index (κ1) is 13.8. The number of thioether (sulfide) groups is 1. The Balaban J connectivity index is 2.25. The largest absolute Gasteiger partial charge is 0.389 e. The van der Waals surface area contributed by atoms with Crippen LogP contribution in [-0.4, -0.2) is 11.2 Å². The van der Waals surface area contributed by atoms with E-state index in [1.165, 1.54) is 6.07 Å². The second-order valence-electron chi connectivity index (χ2n) is 3.92. The lowest BCUT2D eigenvalue weighted by Gasteiger charge is -2.09. The summed E-state index contributed by atoms with van der Waals surface area (Å²) in [6.45, 7) is 0. The van der Waals surface area contributed by atoms with Crippen molar-refractivity contribution in [3.63, 3.8) is 0 Å². The van der Waals surface area contributed by atoms with Gasteiger partial charge in [0.25, 0.3) is 0 Å². The molecule has 2 nitrogen and oxygen atoms in total. The third-order valence-electron chi connectivity index (χ3n) is 2.60. The molecule has 0 aliphatic heterocycles. The van der Waals surface area contributed by atoms with E-state index in [4.69, 9.17) is 18.0 Å². The van der Waals surface area contributed by atoms with Crippen LogP contribution >= 0.6 is 24.0 Å². The van der Waals surface area contributed by atoms with E-state index in [2.05, 4.69) is 5.32 Å². The van der Waals surface area contributed by atoms with Crippen LogP contribution in [0.3, 0.4) is 0 Å². The molecule has 0 unspecified atom stereocenters. The summed E-state index contributed by atoms with van der Waals surface area (Å²) in [5, 5.41) is 3.04. The van der Waals surface area contributed by atoms with Gasteiger partial charge in [-0.05, 0) is 42.7 Å². The molecule has 2 aromatic carbocycles. The molecule has 0 aliphatic rings. The van der Waals surface area contributed by atoms with Crippen molar-refractivity contribution < 1.29 is 4.39 Å². The van der Waals surface area contributed by atoms with Crippen LogP contribution < -0.4 is 11.1 Å². The summed E-state index contributed by atoms with van der Waals surface area (Å²) in [6, 6.07) is 12.5. The second kappa shape index (κ2) is 6.04. The highest BCUT2D eigenvalue weighted by Crippen LogP contribution is 2.24. The molecule has 98 valence electrons. The highest BCUT2D eigenvalue weighted by atomic mass is 32.2. The molecule has 0 aromatic heterocycles. The fraction of sp³-hybridized carbons (Fsp3) is 0.0714. The Morgan fingerprint density at radius 1 is 1.26 bits per heavy atom. The molecule has 0 fully saturated rings. The summed E-state index contributed by atoms with van der Waals surface area (Å²) in [7, 11) is 0. The number of rotatable bonds is 4. The van der Waals surface area contributed by atoms with Crippen molar-refractivity contribution >= 4 is 40.3 Å². The standard InChI is InChI=1S/C14H13FN2S2/c1-19-11-4-2-3-10(8-11)17-13-6-5-9(14(16)18)7-12(13)15/h2-8,17H,1H3,(H2,16,18). The van der Waals surface area contributed by atoms with E-state index < -0.39 is 0 Å². The first-order valence-corrected chi connectivity index (χ1v) is 7.24. The summed E-state index contributed by atoms with van der Waals surface area (Å²) in [5.74, 6) is -0.375. The van der Waals surface area contributed by atoms with Crippen LogP contribution in [0.15, 0.2) is 47.4 Å². The van der Waals surface area contributed by atoms with Crippen LogP contribution in [0.4, 0.5) is 15.8 Å². The van der Waals surface area contributed by atoms with Gasteiger partial charge in [-0.15, -0.1) is 11.8 Å². The molecule has 0 radical (unpaired) electrons. The lowest BCUT2D eigenvalue weighted by atomic mass is 10.2. The molecule has 0 saturated heterocycles. The summed E-state index contributed by atoms with van der Waals surface area (Å²) >= 11 is 6.45. The molecular formula is C14H13FN2S2. The number of benzene rings is 2. The van der Waals surface area contributed by atoms with Gasteiger partial charge >= 0.3 is 0 Å². The van der Waals surface area contributed by atoms with E-state index in [1.807, 2.05) is 30.5 Å². The second-order valence-corrected chi connectivity index (χ2v) is 5.24. The molecule has 0 spiro atoms. The summed E-state index contributed by atoms with van der Waals surface area (Å²) < 4.78 is 13.9. The van der Waals surface area contributed by atoms with Gasteiger partial charge in [0.15, 0.2) is 0 Å². The van der Waals surface area contributed by atoms with Crippen LogP contribution in [-0.2, 0) is 0 Å². The zero-order valence-corrected chi connectivity index (χ0v) is 11.9. The Bertz CT molecular complexity index is 614. The number of hydrogen-bond acceptors (Lipinski definition) is 3. The highest BCUT2D eigenvalue weighted by Gasteiger charge is 2.05. The fourth-order valence-corrected chi connectivity index (χ4v) is 2.21. The topological polar surface area (TPSA) is 38.0 Å². The average molecular weight is 292 g/mol. The molecular weight excluding hydrogens is 279 g/mol. The number of nitrogens with two attached hydrogens (primary N) is 1. The van der Waals surface area contributed by atoms with Crippen LogP contribution in [0.25, 0.3) is 0 Å². The maximum Gasteiger partial charge on any atom is 0.147 e. The van der Waals surface area contributed by atoms with Gasteiger partial charge in [-0.1, -0.05) is 18.3 Å². The molecule has 3 N–H and O–H groups in total. The first-order valence-electron chi connectivity index (χ1n) is 5.60. The molecule has 0 amide bonds. The molecule has 0 heterocycles. The molecule has 0 saturated carbocycles. The van der Waals surface area contributed by atoms with Crippen molar-refractivity contribution in [3.05, 3.63) is 53.8 Å². The molecule has 2 rings (SSSR count). The lowest BCUT2D eigenvalue weighted by molar-refractivity contribution is 0.631. The minimum Gasteiger partial charge on any atom is -0.389 e. The van der Waals surface area contributed by atoms with Crippen molar-refractivity contribution in [3.8, 4) is 0 Å². The number of thiocarbonyl (C=S) groups is 1. The van der Waals surface area contributed by atoms with E-state index >= 15 is 0 Å². The van der Waals surface area contributed by atoms with Gasteiger partial charge in [-0.25, -0.2) is 4.39 Å². The van der Waals surface area contributed by atoms with Crippen LogP contribution in [0.1, 0.15) is 5.56 Å². The van der Waals surface area contributed by atoms with Gasteiger partial charge in [0.1, 0.15) is 10.8 Å². The summed E-state index contributed by atoms with van der Waals surface area (Å²) in [6.07, 6.45) is 2.00. The average Bonchev–Trinajstić information content (AvgIpc) is 2.41. The van der Waals surface area contributed by atoms with Gasteiger partial charge in [0.2, 0.25) is 0 Å². The van der Waals surface area contributed by atoms with Crippen LogP contribution in [0.2, 0.25) is 0 Å². The van der Waals surface area contributed by atoms with Crippen molar-refractivity contribution in [2.75, 3.05) is 11.6 Å². The monoisotopic (exact) mass is 292 g/mol. The van der Waals surface area contributed by atoms with Gasteiger partial charge in [0.05, 0.1) is 5.69 Å². The SMILES string of the molecule is CSc1cccc(Nc2ccc(C(N)=S)cc2F)c1. The Morgan fingerprint density at radius 2 is 2.05 bits per heavy atom. The predicted molar refractivity (Wildman–Crippen MR) is 83.8 cm³/mol. The number of halogens is 1. The maximum atomic E-state index is 13.9. The van der Waals surface area contributed by atoms with E-state index in [1.54, 1.807) is 23.9 Å². The predicted octanol–water partition coefficient (Wildman–Crippen LogP) is 3.93. The van der Waals surface area contributed by atoms with E-state index in [0.29, 0.717) is 11.3 Å². The Kier molecular flexibility index (Phi) is 4.39. The molecule has 0 aliphatic carbocycles. The third kappa shape index (κ3) is 3.45. The van der Waals surface area contributed by atoms with E-state index in [9.17, 15) is 4.39 Å². The molecule has 0 bridgehead atoms. The van der Waals surface area contributed by atoms with Crippen LogP contribution in [0, 0.1) is 5.82 Å². The lowest BCUT2D eigenvalue weighted by Crippen LogP contribution is -2.09. The van der Waals surface area contributed by atoms with Crippen molar-refractivity contribution in [2.45, 2.75) is 4.90 Å². The van der Waals surface area contributed by atoms with Crippen molar-refractivity contribution in [2.24, 2.45) is 5.73 Å². The molecule has 19 heavy (non-hydrogen) atoms. The van der Waals surface area contributed by atoms with Gasteiger partial charge in [0, 0.05) is 16.1 Å². The fourth-order valence-electron chi connectivity index (χ4n) is 1.63. The Hall–Kier alpha value is -1.59. The minimum atomic E-state index is -0.375. The first-order chi connectivity index (χ1) is 9.10. The van der Waals surface area contributed by atoms with Crippen molar-refractivity contribution in [1.29, 1.82) is 0 Å². The Morgan fingerprint density at radius 3 is 2.68 bits per heavy atom. The zero-order chi connectivity index (χ0) is 13.8. The smallest absolute Gasteiger partial charge is 0.147 e. The zero-order valence-electron chi connectivity index (χ0n) is 10.3. The summed E-state index contributed by atoms with van der Waals surface area (Å²) in [5.41, 5.74) is 7.23. The van der Waals surface area contributed by atoms with Crippen molar-refractivity contribution in [1.82, 2.24) is 0 Å². The van der Waals surface area contributed by atoms with Gasteiger partial charge < -0.3 is 11.1 Å². The maximum absolute atomic E-state index is 13.9. The molecule has 2 aromatic rings. The molecule has 5 heteroatoms. The minimum absolute atomic E-state index is 0.190. The number of hydrogen-bond donors (Lipinski definition) is 2. The molecule has 0 atom stereocenters. The quantitative estimate of drug-likeness (QED) is 0.661. The van der Waals surface area contributed by atoms with E-state index in [0.717, 1.165) is 10.6 Å². The normalized spacial score (nSPS) is 10.2.